The van der Waals surface area contributed by atoms with Gasteiger partial charge in [0, 0.05) is 27.9 Å². The molecule has 0 saturated carbocycles. The second kappa shape index (κ2) is 4.79. The number of nitrogens with zero attached hydrogens (tertiary/aromatic N) is 2. The molecule has 0 spiro atoms. The highest BCUT2D eigenvalue weighted by Gasteiger charge is 2.12. The van der Waals surface area contributed by atoms with Crippen LogP contribution in [0, 0.1) is 0 Å². The minimum absolute atomic E-state index is 0.727. The van der Waals surface area contributed by atoms with E-state index in [1.54, 1.807) is 11.3 Å². The molecule has 98 valence electrons. The molecule has 4 heteroatoms. The van der Waals surface area contributed by atoms with Gasteiger partial charge in [-0.05, 0) is 31.1 Å². The highest BCUT2D eigenvalue weighted by molar-refractivity contribution is 7.10. The van der Waals surface area contributed by atoms with Crippen LogP contribution in [0.15, 0.2) is 34.6 Å². The number of nitrogens with two attached hydrogens (primary N) is 1. The maximum absolute atomic E-state index is 6.35. The molecule has 0 fully saturated rings. The summed E-state index contributed by atoms with van der Waals surface area (Å²) in [6, 6.07) is 8.37. The lowest BCUT2D eigenvalue weighted by molar-refractivity contribution is 0.400. The molecule has 0 saturated heterocycles. The Morgan fingerprint density at radius 1 is 1.32 bits per heavy atom. The van der Waals surface area contributed by atoms with Gasteiger partial charge in [0.1, 0.15) is 0 Å². The highest BCUT2D eigenvalue weighted by Crippen LogP contribution is 2.21. The maximum atomic E-state index is 6.35. The predicted octanol–water partition coefficient (Wildman–Crippen LogP) is 1.06. The normalized spacial score (nSPS) is 13.7. The molecule has 19 heavy (non-hydrogen) atoms. The Hall–Kier alpha value is -1.65. The van der Waals surface area contributed by atoms with E-state index in [0.717, 1.165) is 34.9 Å². The third kappa shape index (κ3) is 2.17. The fraction of sp³-hybridized carbons (Fsp3) is 0.267. The van der Waals surface area contributed by atoms with E-state index in [1.165, 1.54) is 10.4 Å². The molecule has 2 aromatic rings. The van der Waals surface area contributed by atoms with Crippen LogP contribution < -0.4 is 16.3 Å². The van der Waals surface area contributed by atoms with Gasteiger partial charge in [-0.15, -0.1) is 11.3 Å². The molecular formula is C15H17N3S. The summed E-state index contributed by atoms with van der Waals surface area (Å²) in [4.78, 5) is 8.20. The van der Waals surface area contributed by atoms with E-state index in [9.17, 15) is 0 Å². The molecule has 2 heterocycles. The van der Waals surface area contributed by atoms with E-state index in [1.807, 2.05) is 0 Å². The quantitative estimate of drug-likeness (QED) is 0.887. The number of hydrogen-bond acceptors (Lipinski definition) is 4. The fourth-order valence-electron chi connectivity index (χ4n) is 2.46. The smallest absolute Gasteiger partial charge is 0.0747 e. The maximum Gasteiger partial charge on any atom is 0.0747 e. The first-order valence-corrected chi connectivity index (χ1v) is 7.18. The second-order valence-corrected chi connectivity index (χ2v) is 6.04. The summed E-state index contributed by atoms with van der Waals surface area (Å²) in [6.45, 7) is 1.61. The average molecular weight is 271 g/mol. The van der Waals surface area contributed by atoms with Crippen LogP contribution >= 0.6 is 11.3 Å². The minimum atomic E-state index is 0.727. The summed E-state index contributed by atoms with van der Waals surface area (Å²) in [7, 11) is 4.14. The zero-order valence-electron chi connectivity index (χ0n) is 11.2. The molecule has 3 rings (SSSR count). The Morgan fingerprint density at radius 3 is 2.95 bits per heavy atom. The third-order valence-corrected chi connectivity index (χ3v) is 4.22. The average Bonchev–Trinajstić information content (AvgIpc) is 2.79. The molecule has 0 radical (unpaired) electrons. The van der Waals surface area contributed by atoms with Crippen molar-refractivity contribution in [2.45, 2.75) is 13.1 Å². The molecule has 0 atom stereocenters. The number of fused-ring (bicyclic) bond motifs is 2. The van der Waals surface area contributed by atoms with Gasteiger partial charge in [-0.25, -0.2) is 0 Å². The number of benzene rings is 1. The number of hydrogen-bond donors (Lipinski definition) is 1. The summed E-state index contributed by atoms with van der Waals surface area (Å²) >= 11 is 1.73. The van der Waals surface area contributed by atoms with E-state index in [0.29, 0.717) is 0 Å². The van der Waals surface area contributed by atoms with Crippen LogP contribution in [0.5, 0.6) is 0 Å². The van der Waals surface area contributed by atoms with Gasteiger partial charge < -0.3 is 10.6 Å². The van der Waals surface area contributed by atoms with Crippen molar-refractivity contribution < 1.29 is 0 Å². The van der Waals surface area contributed by atoms with Crippen molar-refractivity contribution in [1.29, 1.82) is 0 Å². The molecule has 1 aromatic heterocycles. The van der Waals surface area contributed by atoms with Gasteiger partial charge in [-0.3, -0.25) is 4.99 Å². The van der Waals surface area contributed by atoms with E-state index in [-0.39, 0.29) is 0 Å². The van der Waals surface area contributed by atoms with Crippen molar-refractivity contribution in [1.82, 2.24) is 4.90 Å². The molecule has 1 aliphatic heterocycles. The molecular weight excluding hydrogens is 254 g/mol. The first-order chi connectivity index (χ1) is 9.16. The van der Waals surface area contributed by atoms with Crippen molar-refractivity contribution in [2.24, 2.45) is 10.7 Å². The van der Waals surface area contributed by atoms with Gasteiger partial charge in [0.05, 0.1) is 11.9 Å². The molecule has 0 unspecified atom stereocenters. The van der Waals surface area contributed by atoms with Crippen molar-refractivity contribution in [3.63, 3.8) is 0 Å². The Balaban J connectivity index is 2.29. The van der Waals surface area contributed by atoms with E-state index in [2.05, 4.69) is 48.6 Å². The Kier molecular flexibility index (Phi) is 3.12. The predicted molar refractivity (Wildman–Crippen MR) is 79.3 cm³/mol. The summed E-state index contributed by atoms with van der Waals surface area (Å²) in [6.07, 6.45) is 0. The van der Waals surface area contributed by atoms with Crippen LogP contribution in [0.25, 0.3) is 5.70 Å². The topological polar surface area (TPSA) is 41.6 Å². The Bertz CT molecular complexity index is 728. The molecule has 0 amide bonds. The van der Waals surface area contributed by atoms with Crippen LogP contribution in [-0.2, 0) is 13.1 Å². The molecule has 1 aliphatic rings. The second-order valence-electron chi connectivity index (χ2n) is 5.04. The van der Waals surface area contributed by atoms with Gasteiger partial charge in [0.15, 0.2) is 0 Å². The lowest BCUT2D eigenvalue weighted by atomic mass is 10.1. The largest absolute Gasteiger partial charge is 0.398 e. The number of para-hydroxylation sites is 1. The zero-order valence-corrected chi connectivity index (χ0v) is 12.0. The summed E-state index contributed by atoms with van der Waals surface area (Å²) in [5, 5.41) is 4.20. The van der Waals surface area contributed by atoms with Crippen molar-refractivity contribution in [3.05, 3.63) is 56.2 Å². The van der Waals surface area contributed by atoms with Gasteiger partial charge in [-0.1, -0.05) is 18.2 Å². The molecule has 0 bridgehead atoms. The van der Waals surface area contributed by atoms with Gasteiger partial charge in [0.25, 0.3) is 0 Å². The van der Waals surface area contributed by atoms with Crippen LogP contribution in [0.2, 0.25) is 0 Å². The first-order valence-electron chi connectivity index (χ1n) is 6.30. The molecule has 2 N–H and O–H groups in total. The van der Waals surface area contributed by atoms with E-state index >= 15 is 0 Å². The lowest BCUT2D eigenvalue weighted by Gasteiger charge is -2.10. The van der Waals surface area contributed by atoms with Crippen molar-refractivity contribution in [3.8, 4) is 0 Å². The van der Waals surface area contributed by atoms with Crippen molar-refractivity contribution in [2.75, 3.05) is 14.1 Å². The van der Waals surface area contributed by atoms with Crippen LogP contribution in [0.3, 0.4) is 0 Å². The minimum Gasteiger partial charge on any atom is -0.398 e. The Labute approximate surface area is 116 Å². The number of rotatable bonds is 2. The van der Waals surface area contributed by atoms with Gasteiger partial charge >= 0.3 is 0 Å². The fourth-order valence-corrected chi connectivity index (χ4v) is 3.28. The third-order valence-electron chi connectivity index (χ3n) is 3.31. The standard InChI is InChI=1S/C15H17N3S/c1-18(2)9-10-4-3-5-12-14(16)11-6-7-19-13(11)8-17-15(10)12/h3-7H,8-9,16H2,1-2H3. The summed E-state index contributed by atoms with van der Waals surface area (Å²) in [5.41, 5.74) is 9.59. The zero-order chi connectivity index (χ0) is 13.4. The van der Waals surface area contributed by atoms with Gasteiger partial charge in [-0.2, -0.15) is 0 Å². The van der Waals surface area contributed by atoms with Crippen molar-refractivity contribution >= 4 is 17.0 Å². The monoisotopic (exact) mass is 271 g/mol. The Morgan fingerprint density at radius 2 is 2.16 bits per heavy atom. The summed E-state index contributed by atoms with van der Waals surface area (Å²) < 4.78 is 0. The molecule has 1 aromatic carbocycles. The SMILES string of the molecule is CN(C)Cc1cccc2c1=NCc1sccc1C=2N. The van der Waals surface area contributed by atoms with E-state index < -0.39 is 0 Å². The highest BCUT2D eigenvalue weighted by atomic mass is 32.1. The molecule has 0 aliphatic carbocycles. The van der Waals surface area contributed by atoms with Crippen LogP contribution in [-0.4, -0.2) is 19.0 Å². The number of thiophene rings is 1. The lowest BCUT2D eigenvalue weighted by Crippen LogP contribution is -2.34. The van der Waals surface area contributed by atoms with Crippen LogP contribution in [0.4, 0.5) is 0 Å². The van der Waals surface area contributed by atoms with Gasteiger partial charge in [0.2, 0.25) is 0 Å². The van der Waals surface area contributed by atoms with E-state index in [4.69, 9.17) is 10.7 Å². The first kappa shape index (κ1) is 12.4. The van der Waals surface area contributed by atoms with Crippen LogP contribution in [0.1, 0.15) is 16.0 Å². The summed E-state index contributed by atoms with van der Waals surface area (Å²) in [5.74, 6) is 0. The molecule has 3 nitrogen and oxygen atoms in total.